The largest absolute Gasteiger partial charge is 0.398 e. The fraction of sp³-hybridized carbons (Fsp3) is 0.0714. The zero-order chi connectivity index (χ0) is 15.0. The van der Waals surface area contributed by atoms with Crippen molar-refractivity contribution >= 4 is 21.2 Å². The van der Waals surface area contributed by atoms with Gasteiger partial charge in [-0.25, -0.2) is 17.8 Å². The molecular weight excluding hydrogens is 293 g/mol. The van der Waals surface area contributed by atoms with E-state index in [4.69, 9.17) is 5.73 Å². The van der Waals surface area contributed by atoms with E-state index in [-0.39, 0.29) is 16.3 Å². The average molecular weight is 305 g/mol. The smallest absolute Gasteiger partial charge is 0.186 e. The van der Waals surface area contributed by atoms with E-state index in [1.54, 1.807) is 22.9 Å². The van der Waals surface area contributed by atoms with Gasteiger partial charge < -0.3 is 10.1 Å². The van der Waals surface area contributed by atoms with Crippen molar-refractivity contribution in [2.75, 3.05) is 5.73 Å². The van der Waals surface area contributed by atoms with Crippen LogP contribution >= 0.6 is 0 Å². The molecule has 0 spiro atoms. The number of anilines is 1. The molecule has 3 rings (SSSR count). The normalized spacial score (nSPS) is 11.9. The molecule has 5 nitrogen and oxygen atoms in total. The van der Waals surface area contributed by atoms with Crippen molar-refractivity contribution in [1.82, 2.24) is 9.38 Å². The third kappa shape index (κ3) is 2.59. The van der Waals surface area contributed by atoms with Crippen LogP contribution in [0.5, 0.6) is 0 Å². The van der Waals surface area contributed by atoms with Crippen LogP contribution in [0, 0.1) is 5.82 Å². The Morgan fingerprint density at radius 3 is 2.76 bits per heavy atom. The number of nitrogen functional groups attached to an aromatic ring is 1. The maximum absolute atomic E-state index is 13.0. The molecule has 108 valence electrons. The zero-order valence-corrected chi connectivity index (χ0v) is 11.7. The van der Waals surface area contributed by atoms with Gasteiger partial charge in [0.1, 0.15) is 11.5 Å². The quantitative estimate of drug-likeness (QED) is 0.593. The van der Waals surface area contributed by atoms with E-state index in [9.17, 15) is 12.8 Å². The summed E-state index contributed by atoms with van der Waals surface area (Å²) in [5.74, 6) is -0.857. The lowest BCUT2D eigenvalue weighted by molar-refractivity contribution is 0.594. The molecule has 21 heavy (non-hydrogen) atoms. The van der Waals surface area contributed by atoms with Gasteiger partial charge in [0, 0.05) is 12.4 Å². The Kier molecular flexibility index (Phi) is 3.13. The van der Waals surface area contributed by atoms with Crippen molar-refractivity contribution < 1.29 is 12.8 Å². The summed E-state index contributed by atoms with van der Waals surface area (Å²) >= 11 is 0. The second kappa shape index (κ2) is 4.85. The van der Waals surface area contributed by atoms with Gasteiger partial charge in [-0.3, -0.25) is 0 Å². The van der Waals surface area contributed by atoms with Crippen LogP contribution in [0.2, 0.25) is 0 Å². The standard InChI is InChI=1S/C14H12FN3O2S/c15-10-4-5-13(12(16)7-10)21(19,20)9-11-8-18-6-2-1-3-14(18)17-11/h1-8H,9,16H2. The van der Waals surface area contributed by atoms with Crippen molar-refractivity contribution in [3.05, 3.63) is 60.3 Å². The maximum Gasteiger partial charge on any atom is 0.186 e. The first-order valence-corrected chi connectivity index (χ1v) is 7.81. The van der Waals surface area contributed by atoms with Gasteiger partial charge in [-0.15, -0.1) is 0 Å². The fourth-order valence-electron chi connectivity index (χ4n) is 2.13. The summed E-state index contributed by atoms with van der Waals surface area (Å²) in [5.41, 5.74) is 6.56. The number of nitrogens with two attached hydrogens (primary N) is 1. The van der Waals surface area contributed by atoms with Crippen LogP contribution in [0.4, 0.5) is 10.1 Å². The van der Waals surface area contributed by atoms with Gasteiger partial charge in [0.2, 0.25) is 0 Å². The first-order chi connectivity index (χ1) is 9.95. The topological polar surface area (TPSA) is 77.5 Å². The first-order valence-electron chi connectivity index (χ1n) is 6.16. The third-order valence-corrected chi connectivity index (χ3v) is 4.78. The van der Waals surface area contributed by atoms with E-state index in [1.165, 1.54) is 6.07 Å². The summed E-state index contributed by atoms with van der Waals surface area (Å²) in [6.07, 6.45) is 3.43. The van der Waals surface area contributed by atoms with E-state index < -0.39 is 15.7 Å². The second-order valence-corrected chi connectivity index (χ2v) is 6.60. The highest BCUT2D eigenvalue weighted by Gasteiger charge is 2.20. The second-order valence-electron chi connectivity index (χ2n) is 4.64. The Balaban J connectivity index is 1.99. The summed E-state index contributed by atoms with van der Waals surface area (Å²) in [6, 6.07) is 8.67. The van der Waals surface area contributed by atoms with E-state index in [0.717, 1.165) is 12.1 Å². The minimum atomic E-state index is -3.68. The number of pyridine rings is 1. The molecule has 2 N–H and O–H groups in total. The molecule has 0 fully saturated rings. The summed E-state index contributed by atoms with van der Waals surface area (Å²) in [4.78, 5) is 4.16. The van der Waals surface area contributed by atoms with Gasteiger partial charge in [-0.1, -0.05) is 6.07 Å². The molecule has 2 heterocycles. The van der Waals surface area contributed by atoms with Crippen LogP contribution in [0.1, 0.15) is 5.69 Å². The lowest BCUT2D eigenvalue weighted by Crippen LogP contribution is -2.08. The van der Waals surface area contributed by atoms with Gasteiger partial charge >= 0.3 is 0 Å². The van der Waals surface area contributed by atoms with Crippen LogP contribution < -0.4 is 5.73 Å². The van der Waals surface area contributed by atoms with Crippen molar-refractivity contribution in [2.24, 2.45) is 0 Å². The molecule has 0 aliphatic rings. The van der Waals surface area contributed by atoms with E-state index in [1.807, 2.05) is 12.1 Å². The predicted octanol–water partition coefficient (Wildman–Crippen LogP) is 2.03. The van der Waals surface area contributed by atoms with E-state index in [2.05, 4.69) is 4.98 Å². The fourth-order valence-corrected chi connectivity index (χ4v) is 3.51. The predicted molar refractivity (Wildman–Crippen MR) is 76.9 cm³/mol. The molecule has 0 atom stereocenters. The molecule has 0 unspecified atom stereocenters. The minimum absolute atomic E-state index is 0.0824. The molecule has 0 aliphatic carbocycles. The maximum atomic E-state index is 13.0. The number of benzene rings is 1. The Morgan fingerprint density at radius 2 is 2.05 bits per heavy atom. The van der Waals surface area contributed by atoms with Gasteiger partial charge in [-0.2, -0.15) is 0 Å². The Hall–Kier alpha value is -2.41. The van der Waals surface area contributed by atoms with Gasteiger partial charge in [0.15, 0.2) is 9.84 Å². The highest BCUT2D eigenvalue weighted by Crippen LogP contribution is 2.23. The van der Waals surface area contributed by atoms with Crippen molar-refractivity contribution in [3.8, 4) is 0 Å². The monoisotopic (exact) mass is 305 g/mol. The number of sulfone groups is 1. The number of halogens is 1. The lowest BCUT2D eigenvalue weighted by Gasteiger charge is -2.06. The average Bonchev–Trinajstić information content (AvgIpc) is 2.79. The third-order valence-electron chi connectivity index (χ3n) is 3.06. The number of imidazole rings is 1. The summed E-state index contributed by atoms with van der Waals surface area (Å²) in [7, 11) is -3.68. The van der Waals surface area contributed by atoms with Gasteiger partial charge in [-0.05, 0) is 30.3 Å². The molecule has 0 radical (unpaired) electrons. The minimum Gasteiger partial charge on any atom is -0.398 e. The van der Waals surface area contributed by atoms with Crippen LogP contribution in [0.3, 0.4) is 0 Å². The van der Waals surface area contributed by atoms with Gasteiger partial charge in [0.25, 0.3) is 0 Å². The molecule has 0 saturated carbocycles. The Labute approximate surface area is 120 Å². The van der Waals surface area contributed by atoms with E-state index in [0.29, 0.717) is 11.3 Å². The summed E-state index contributed by atoms with van der Waals surface area (Å²) < 4.78 is 39.5. The van der Waals surface area contributed by atoms with Crippen molar-refractivity contribution in [1.29, 1.82) is 0 Å². The number of fused-ring (bicyclic) bond motifs is 1. The lowest BCUT2D eigenvalue weighted by atomic mass is 10.3. The highest BCUT2D eigenvalue weighted by atomic mass is 32.2. The zero-order valence-electron chi connectivity index (χ0n) is 10.9. The highest BCUT2D eigenvalue weighted by molar-refractivity contribution is 7.90. The first kappa shape index (κ1) is 13.6. The summed E-state index contributed by atoms with van der Waals surface area (Å²) in [6.45, 7) is 0. The van der Waals surface area contributed by atoms with Gasteiger partial charge in [0.05, 0.1) is 22.0 Å². The molecule has 1 aromatic carbocycles. The number of rotatable bonds is 3. The van der Waals surface area contributed by atoms with Crippen LogP contribution in [0.25, 0.3) is 5.65 Å². The van der Waals surface area contributed by atoms with Crippen molar-refractivity contribution in [3.63, 3.8) is 0 Å². The Bertz CT molecular complexity index is 886. The molecule has 0 saturated heterocycles. The molecule has 0 aliphatic heterocycles. The molecule has 0 bridgehead atoms. The van der Waals surface area contributed by atoms with Crippen molar-refractivity contribution in [2.45, 2.75) is 10.6 Å². The number of nitrogens with zero attached hydrogens (tertiary/aromatic N) is 2. The van der Waals surface area contributed by atoms with Crippen LogP contribution in [0.15, 0.2) is 53.7 Å². The molecule has 7 heteroatoms. The Morgan fingerprint density at radius 1 is 1.24 bits per heavy atom. The SMILES string of the molecule is Nc1cc(F)ccc1S(=O)(=O)Cc1cn2ccccc2n1. The van der Waals surface area contributed by atoms with Crippen LogP contribution in [-0.4, -0.2) is 17.8 Å². The molecule has 0 amide bonds. The number of hydrogen-bond acceptors (Lipinski definition) is 4. The molecule has 2 aromatic heterocycles. The number of aromatic nitrogens is 2. The van der Waals surface area contributed by atoms with Crippen LogP contribution in [-0.2, 0) is 15.6 Å². The molecular formula is C14H12FN3O2S. The number of hydrogen-bond donors (Lipinski definition) is 1. The molecule has 3 aromatic rings. The van der Waals surface area contributed by atoms with E-state index >= 15 is 0 Å². The summed E-state index contributed by atoms with van der Waals surface area (Å²) in [5, 5.41) is 0.